The molecular formula is C23H33N3O3. The Labute approximate surface area is 174 Å². The predicted octanol–water partition coefficient (Wildman–Crippen LogP) is 3.03. The Hall–Kier alpha value is -2.34. The summed E-state index contributed by atoms with van der Waals surface area (Å²) in [4.78, 5) is 28.8. The number of fused-ring (bicyclic) bond motifs is 2. The minimum atomic E-state index is -0.182. The quantitative estimate of drug-likeness (QED) is 0.849. The molecule has 158 valence electrons. The van der Waals surface area contributed by atoms with E-state index in [-0.39, 0.29) is 18.8 Å². The summed E-state index contributed by atoms with van der Waals surface area (Å²) in [6.45, 7) is 5.87. The van der Waals surface area contributed by atoms with Gasteiger partial charge in [0.2, 0.25) is 0 Å². The third-order valence-corrected chi connectivity index (χ3v) is 6.84. The molecule has 2 saturated heterocycles. The van der Waals surface area contributed by atoms with E-state index in [1.807, 2.05) is 17.9 Å². The van der Waals surface area contributed by atoms with E-state index >= 15 is 0 Å². The van der Waals surface area contributed by atoms with Gasteiger partial charge < -0.3 is 19.9 Å². The van der Waals surface area contributed by atoms with Gasteiger partial charge in [-0.15, -0.1) is 0 Å². The lowest BCUT2D eigenvalue weighted by molar-refractivity contribution is -0.115. The summed E-state index contributed by atoms with van der Waals surface area (Å²) < 4.78 is 5.13. The molecule has 1 aromatic carbocycles. The summed E-state index contributed by atoms with van der Waals surface area (Å²) in [5.74, 6) is 0.00286. The van der Waals surface area contributed by atoms with Gasteiger partial charge in [0.1, 0.15) is 0 Å². The van der Waals surface area contributed by atoms with Crippen molar-refractivity contribution < 1.29 is 15.8 Å². The van der Waals surface area contributed by atoms with Crippen molar-refractivity contribution in [2.75, 3.05) is 39.8 Å². The number of nitrogens with zero attached hydrogens (tertiary/aromatic N) is 2. The van der Waals surface area contributed by atoms with Gasteiger partial charge in [-0.25, -0.2) is 4.79 Å². The number of carbonyl (C=O) groups excluding carboxylic acids is 2. The van der Waals surface area contributed by atoms with Crippen molar-refractivity contribution in [2.24, 2.45) is 0 Å². The molecule has 0 atom stereocenters. The van der Waals surface area contributed by atoms with Crippen LogP contribution in [-0.4, -0.2) is 67.7 Å². The van der Waals surface area contributed by atoms with E-state index in [1.165, 1.54) is 5.56 Å². The maximum absolute atomic E-state index is 12.4. The van der Waals surface area contributed by atoms with Gasteiger partial charge in [-0.05, 0) is 56.8 Å². The zero-order valence-electron chi connectivity index (χ0n) is 17.4. The molecule has 1 N–H and O–H groups in total. The number of piperidine rings is 2. The van der Waals surface area contributed by atoms with Crippen LogP contribution in [-0.2, 0) is 14.9 Å². The first-order valence-corrected chi connectivity index (χ1v) is 10.8. The zero-order valence-corrected chi connectivity index (χ0v) is 17.4. The molecule has 2 heterocycles. The SMILES string of the molecule is CCOC(=O)N1CCC(N2CCC3(C=C(C(=O)NC)c4ccccc43)CC2)CC1.[HH]. The number of rotatable bonds is 3. The maximum Gasteiger partial charge on any atom is 0.409 e. The summed E-state index contributed by atoms with van der Waals surface area (Å²) in [7, 11) is 1.70. The molecule has 0 radical (unpaired) electrons. The van der Waals surface area contributed by atoms with Crippen LogP contribution in [0.15, 0.2) is 30.3 Å². The van der Waals surface area contributed by atoms with Gasteiger partial charge in [-0.2, -0.15) is 0 Å². The minimum Gasteiger partial charge on any atom is -0.450 e. The van der Waals surface area contributed by atoms with Gasteiger partial charge in [0.15, 0.2) is 0 Å². The van der Waals surface area contributed by atoms with E-state index in [4.69, 9.17) is 4.74 Å². The minimum absolute atomic E-state index is 0. The summed E-state index contributed by atoms with van der Waals surface area (Å²) >= 11 is 0. The molecule has 4 rings (SSSR count). The molecule has 1 aromatic rings. The highest BCUT2D eigenvalue weighted by molar-refractivity contribution is 6.21. The number of nitrogens with one attached hydrogen (secondary N) is 1. The van der Waals surface area contributed by atoms with E-state index in [9.17, 15) is 9.59 Å². The smallest absolute Gasteiger partial charge is 0.409 e. The average molecular weight is 400 g/mol. The van der Waals surface area contributed by atoms with Crippen LogP contribution < -0.4 is 5.32 Å². The zero-order chi connectivity index (χ0) is 20.4. The average Bonchev–Trinajstić information content (AvgIpc) is 3.08. The first kappa shape index (κ1) is 20.0. The molecule has 3 aliphatic rings. The Kier molecular flexibility index (Phi) is 5.63. The van der Waals surface area contributed by atoms with Gasteiger partial charge in [0.05, 0.1) is 6.61 Å². The van der Waals surface area contributed by atoms with Crippen molar-refractivity contribution in [1.82, 2.24) is 15.1 Å². The number of allylic oxidation sites excluding steroid dienone is 1. The van der Waals surface area contributed by atoms with Crippen molar-refractivity contribution in [2.45, 2.75) is 44.1 Å². The van der Waals surface area contributed by atoms with E-state index < -0.39 is 0 Å². The molecule has 2 fully saturated rings. The Balaban J connectivity index is 0.00000256. The lowest BCUT2D eigenvalue weighted by Crippen LogP contribution is -2.51. The first-order valence-electron chi connectivity index (χ1n) is 10.8. The topological polar surface area (TPSA) is 61.9 Å². The fraction of sp³-hybridized carbons (Fsp3) is 0.565. The molecular weight excluding hydrogens is 366 g/mol. The number of hydrogen-bond donors (Lipinski definition) is 1. The van der Waals surface area contributed by atoms with E-state index in [2.05, 4.69) is 34.5 Å². The standard InChI is InChI=1S/C23H31N3O3.H2/c1-3-29-22(28)26-12-8-17(9-13-26)25-14-10-23(11-15-25)16-19(21(27)24-2)18-6-4-5-7-20(18)23;/h4-7,16-17H,3,8-15H2,1-2H3,(H,24,27);1H. The lowest BCUT2D eigenvalue weighted by atomic mass is 9.74. The summed E-state index contributed by atoms with van der Waals surface area (Å²) in [6.07, 6.45) is 6.10. The highest BCUT2D eigenvalue weighted by Crippen LogP contribution is 2.47. The highest BCUT2D eigenvalue weighted by atomic mass is 16.6. The van der Waals surface area contributed by atoms with E-state index in [1.54, 1.807) is 7.05 Å². The third-order valence-electron chi connectivity index (χ3n) is 6.84. The molecule has 0 unspecified atom stereocenters. The van der Waals surface area contributed by atoms with Crippen LogP contribution in [0, 0.1) is 0 Å². The van der Waals surface area contributed by atoms with Gasteiger partial charge in [-0.3, -0.25) is 4.79 Å². The molecule has 0 saturated carbocycles. The van der Waals surface area contributed by atoms with Gasteiger partial charge in [0, 0.05) is 38.6 Å². The predicted molar refractivity (Wildman–Crippen MR) is 115 cm³/mol. The Morgan fingerprint density at radius 3 is 2.52 bits per heavy atom. The summed E-state index contributed by atoms with van der Waals surface area (Å²) in [5, 5.41) is 2.79. The molecule has 0 bridgehead atoms. The van der Waals surface area contributed by atoms with E-state index in [0.29, 0.717) is 12.6 Å². The highest BCUT2D eigenvalue weighted by Gasteiger charge is 2.43. The van der Waals surface area contributed by atoms with Crippen LogP contribution in [0.25, 0.3) is 5.57 Å². The summed E-state index contributed by atoms with van der Waals surface area (Å²) in [5.41, 5.74) is 3.18. The van der Waals surface area contributed by atoms with Crippen molar-refractivity contribution >= 4 is 17.6 Å². The molecule has 1 aliphatic carbocycles. The number of benzene rings is 1. The van der Waals surface area contributed by atoms with Crippen LogP contribution in [0.5, 0.6) is 0 Å². The summed E-state index contributed by atoms with van der Waals surface area (Å²) in [6, 6.07) is 8.88. The Morgan fingerprint density at radius 1 is 1.17 bits per heavy atom. The maximum atomic E-state index is 12.4. The van der Waals surface area contributed by atoms with Crippen molar-refractivity contribution in [3.05, 3.63) is 41.5 Å². The number of amides is 2. The van der Waals surface area contributed by atoms with Crippen LogP contribution in [0.3, 0.4) is 0 Å². The first-order chi connectivity index (χ1) is 14.1. The van der Waals surface area contributed by atoms with Gasteiger partial charge >= 0.3 is 6.09 Å². The molecule has 6 nitrogen and oxygen atoms in total. The second-order valence-corrected chi connectivity index (χ2v) is 8.29. The van der Waals surface area contributed by atoms with Crippen LogP contribution in [0.2, 0.25) is 0 Å². The van der Waals surface area contributed by atoms with Crippen LogP contribution >= 0.6 is 0 Å². The second kappa shape index (κ2) is 8.19. The number of hydrogen-bond acceptors (Lipinski definition) is 4. The molecule has 29 heavy (non-hydrogen) atoms. The molecule has 2 amide bonds. The van der Waals surface area contributed by atoms with Crippen molar-refractivity contribution in [3.8, 4) is 0 Å². The second-order valence-electron chi connectivity index (χ2n) is 8.29. The van der Waals surface area contributed by atoms with Crippen molar-refractivity contribution in [1.29, 1.82) is 0 Å². The monoisotopic (exact) mass is 399 g/mol. The largest absolute Gasteiger partial charge is 0.450 e. The van der Waals surface area contributed by atoms with E-state index in [0.717, 1.165) is 63.0 Å². The Morgan fingerprint density at radius 2 is 1.86 bits per heavy atom. The fourth-order valence-corrected chi connectivity index (χ4v) is 5.24. The number of likely N-dealkylation sites (N-methyl/N-ethyl adjacent to an activating group) is 1. The van der Waals surface area contributed by atoms with Gasteiger partial charge in [-0.1, -0.05) is 30.3 Å². The lowest BCUT2D eigenvalue weighted by Gasteiger charge is -2.44. The molecule has 6 heteroatoms. The van der Waals surface area contributed by atoms with Crippen LogP contribution in [0.4, 0.5) is 4.79 Å². The third kappa shape index (κ3) is 3.66. The number of carbonyl (C=O) groups is 2. The fourth-order valence-electron chi connectivity index (χ4n) is 5.24. The number of likely N-dealkylation sites (tertiary alicyclic amines) is 2. The molecule has 2 aliphatic heterocycles. The number of ether oxygens (including phenoxy) is 1. The Bertz CT molecular complexity index is 810. The van der Waals surface area contributed by atoms with Crippen molar-refractivity contribution in [3.63, 3.8) is 0 Å². The molecule has 0 aromatic heterocycles. The normalized spacial score (nSPS) is 21.6. The molecule has 1 spiro atoms. The van der Waals surface area contributed by atoms with Gasteiger partial charge in [0.25, 0.3) is 5.91 Å². The van der Waals surface area contributed by atoms with Crippen LogP contribution in [0.1, 0.15) is 45.2 Å².